The monoisotopic (exact) mass is 298 g/mol. The van der Waals surface area contributed by atoms with Gasteiger partial charge in [0.05, 0.1) is 0 Å². The lowest BCUT2D eigenvalue weighted by molar-refractivity contribution is -0.137. The molecular weight excluding hydrogens is 268 g/mol. The summed E-state index contributed by atoms with van der Waals surface area (Å²) in [7, 11) is 0. The third kappa shape index (κ3) is 5.94. The summed E-state index contributed by atoms with van der Waals surface area (Å²) in [6, 6.07) is -0.000810. The van der Waals surface area contributed by atoms with Crippen molar-refractivity contribution in [2.45, 2.75) is 47.0 Å². The van der Waals surface area contributed by atoms with Gasteiger partial charge in [-0.1, -0.05) is 27.7 Å². The minimum atomic E-state index is -0.755. The molecule has 0 aliphatic carbocycles. The molecule has 0 bridgehead atoms. The number of carbonyl (C=O) groups is 2. The normalized spacial score (nSPS) is 18.8. The predicted molar refractivity (Wildman–Crippen MR) is 83.1 cm³/mol. The molecule has 1 saturated heterocycles. The molecule has 21 heavy (non-hydrogen) atoms. The molecule has 1 aliphatic rings. The van der Waals surface area contributed by atoms with E-state index in [0.717, 1.165) is 13.0 Å². The van der Waals surface area contributed by atoms with Gasteiger partial charge in [-0.05, 0) is 36.5 Å². The lowest BCUT2D eigenvalue weighted by atomic mass is 9.85. The highest BCUT2D eigenvalue weighted by Gasteiger charge is 2.27. The maximum atomic E-state index is 12.2. The maximum absolute atomic E-state index is 12.2. The second kappa shape index (κ2) is 8.25. The van der Waals surface area contributed by atoms with Crippen LogP contribution in [0.1, 0.15) is 47.0 Å². The number of nitrogens with one attached hydrogen (secondary N) is 1. The minimum absolute atomic E-state index is 0.000810. The highest BCUT2D eigenvalue weighted by molar-refractivity contribution is 5.74. The summed E-state index contributed by atoms with van der Waals surface area (Å²) in [6.45, 7) is 10.9. The van der Waals surface area contributed by atoms with Crippen molar-refractivity contribution in [1.82, 2.24) is 10.2 Å². The Balaban J connectivity index is 2.35. The fraction of sp³-hybridized carbons (Fsp3) is 0.875. The molecule has 122 valence electrons. The zero-order valence-corrected chi connectivity index (χ0v) is 13.8. The lowest BCUT2D eigenvalue weighted by Crippen LogP contribution is -2.42. The van der Waals surface area contributed by atoms with Crippen LogP contribution in [0.4, 0.5) is 4.79 Å². The van der Waals surface area contributed by atoms with Crippen molar-refractivity contribution in [2.75, 3.05) is 19.6 Å². The Labute approximate surface area is 128 Å². The number of urea groups is 1. The average Bonchev–Trinajstić information content (AvgIpc) is 2.84. The Morgan fingerprint density at radius 3 is 2.38 bits per heavy atom. The molecule has 0 aromatic rings. The first-order chi connectivity index (χ1) is 9.81. The minimum Gasteiger partial charge on any atom is -0.481 e. The molecule has 2 amide bonds. The third-order valence-corrected chi connectivity index (χ3v) is 4.54. The van der Waals surface area contributed by atoms with Crippen LogP contribution in [0.3, 0.4) is 0 Å². The Kier molecular flexibility index (Phi) is 6.99. The molecule has 0 saturated carbocycles. The molecule has 0 aromatic carbocycles. The fourth-order valence-electron chi connectivity index (χ4n) is 3.14. The van der Waals surface area contributed by atoms with Crippen LogP contribution < -0.4 is 5.32 Å². The average molecular weight is 298 g/mol. The van der Waals surface area contributed by atoms with Gasteiger partial charge >= 0.3 is 12.0 Å². The van der Waals surface area contributed by atoms with Gasteiger partial charge in [-0.2, -0.15) is 0 Å². The van der Waals surface area contributed by atoms with Crippen LogP contribution in [-0.4, -0.2) is 41.6 Å². The molecule has 1 unspecified atom stereocenters. The molecule has 1 atom stereocenters. The summed E-state index contributed by atoms with van der Waals surface area (Å²) in [5.74, 6) is 1.16. The highest BCUT2D eigenvalue weighted by Crippen LogP contribution is 2.22. The number of hydrogen-bond donors (Lipinski definition) is 2. The van der Waals surface area contributed by atoms with E-state index < -0.39 is 5.97 Å². The standard InChI is InChI=1S/C16H30N2O3/c1-11(2)14(12(3)4)9-17-16(21)18-8-7-13(10-18)5-6-15(19)20/h11-14H,5-10H2,1-4H3,(H,17,21)(H,19,20). The number of aliphatic carboxylic acids is 1. The summed E-state index contributed by atoms with van der Waals surface area (Å²) >= 11 is 0. The van der Waals surface area contributed by atoms with E-state index in [1.54, 1.807) is 0 Å². The number of carboxylic acid groups (broad SMARTS) is 1. The fourth-order valence-corrected chi connectivity index (χ4v) is 3.14. The zero-order valence-electron chi connectivity index (χ0n) is 13.8. The van der Waals surface area contributed by atoms with E-state index in [9.17, 15) is 9.59 Å². The second-order valence-corrected chi connectivity index (χ2v) is 6.87. The summed E-state index contributed by atoms with van der Waals surface area (Å²) in [4.78, 5) is 24.6. The highest BCUT2D eigenvalue weighted by atomic mass is 16.4. The van der Waals surface area contributed by atoms with Gasteiger partial charge in [0, 0.05) is 26.1 Å². The van der Waals surface area contributed by atoms with Crippen LogP contribution in [0, 0.1) is 23.7 Å². The molecule has 0 aromatic heterocycles. The molecule has 1 heterocycles. The number of amides is 2. The molecular formula is C16H30N2O3. The van der Waals surface area contributed by atoms with Crippen LogP contribution in [0.2, 0.25) is 0 Å². The molecule has 1 aliphatic heterocycles. The van der Waals surface area contributed by atoms with E-state index >= 15 is 0 Å². The Morgan fingerprint density at radius 2 is 1.86 bits per heavy atom. The molecule has 0 radical (unpaired) electrons. The van der Waals surface area contributed by atoms with Crippen LogP contribution in [0.25, 0.3) is 0 Å². The molecule has 5 nitrogen and oxygen atoms in total. The van der Waals surface area contributed by atoms with Gasteiger partial charge in [-0.25, -0.2) is 4.79 Å². The number of likely N-dealkylation sites (tertiary alicyclic amines) is 1. The number of carboxylic acids is 1. The van der Waals surface area contributed by atoms with Crippen LogP contribution in [0.15, 0.2) is 0 Å². The van der Waals surface area contributed by atoms with Crippen LogP contribution in [0.5, 0.6) is 0 Å². The quantitative estimate of drug-likeness (QED) is 0.759. The van der Waals surface area contributed by atoms with Crippen molar-refractivity contribution >= 4 is 12.0 Å². The van der Waals surface area contributed by atoms with Gasteiger partial charge in [-0.3, -0.25) is 4.79 Å². The summed E-state index contributed by atoms with van der Waals surface area (Å²) in [5.41, 5.74) is 0. The number of carbonyl (C=O) groups excluding carboxylic acids is 1. The SMILES string of the molecule is CC(C)C(CNC(=O)N1CCC(CCC(=O)O)C1)C(C)C. The smallest absolute Gasteiger partial charge is 0.317 e. The van der Waals surface area contributed by atoms with E-state index in [-0.39, 0.29) is 12.5 Å². The van der Waals surface area contributed by atoms with Crippen molar-refractivity contribution in [3.8, 4) is 0 Å². The first-order valence-corrected chi connectivity index (χ1v) is 8.05. The predicted octanol–water partition coefficient (Wildman–Crippen LogP) is 2.81. The topological polar surface area (TPSA) is 69.6 Å². The van der Waals surface area contributed by atoms with E-state index in [4.69, 9.17) is 5.11 Å². The van der Waals surface area contributed by atoms with E-state index in [1.165, 1.54) is 0 Å². The lowest BCUT2D eigenvalue weighted by Gasteiger charge is -2.26. The van der Waals surface area contributed by atoms with Gasteiger partial charge in [0.25, 0.3) is 0 Å². The van der Waals surface area contributed by atoms with Crippen LogP contribution >= 0.6 is 0 Å². The van der Waals surface area contributed by atoms with Crippen molar-refractivity contribution < 1.29 is 14.7 Å². The summed E-state index contributed by atoms with van der Waals surface area (Å²) in [6.07, 6.45) is 1.78. The molecule has 5 heteroatoms. The first kappa shape index (κ1) is 17.8. The Hall–Kier alpha value is -1.26. The van der Waals surface area contributed by atoms with Gasteiger partial charge in [0.15, 0.2) is 0 Å². The number of hydrogen-bond acceptors (Lipinski definition) is 2. The Morgan fingerprint density at radius 1 is 1.24 bits per heavy atom. The zero-order chi connectivity index (χ0) is 16.0. The molecule has 1 rings (SSSR count). The van der Waals surface area contributed by atoms with Gasteiger partial charge < -0.3 is 15.3 Å². The van der Waals surface area contributed by atoms with Gasteiger partial charge in [0.2, 0.25) is 0 Å². The Bertz CT molecular complexity index is 347. The van der Waals surface area contributed by atoms with Crippen molar-refractivity contribution in [3.05, 3.63) is 0 Å². The third-order valence-electron chi connectivity index (χ3n) is 4.54. The number of rotatable bonds is 7. The first-order valence-electron chi connectivity index (χ1n) is 8.05. The number of nitrogens with zero attached hydrogens (tertiary/aromatic N) is 1. The van der Waals surface area contributed by atoms with E-state index in [0.29, 0.717) is 43.2 Å². The molecule has 1 fully saturated rings. The van der Waals surface area contributed by atoms with Gasteiger partial charge in [-0.15, -0.1) is 0 Å². The van der Waals surface area contributed by atoms with Gasteiger partial charge in [0.1, 0.15) is 0 Å². The summed E-state index contributed by atoms with van der Waals surface area (Å²) in [5, 5.41) is 11.7. The molecule has 2 N–H and O–H groups in total. The summed E-state index contributed by atoms with van der Waals surface area (Å²) < 4.78 is 0. The van der Waals surface area contributed by atoms with Crippen molar-refractivity contribution in [2.24, 2.45) is 23.7 Å². The molecule has 0 spiro atoms. The maximum Gasteiger partial charge on any atom is 0.317 e. The van der Waals surface area contributed by atoms with E-state index in [2.05, 4.69) is 33.0 Å². The van der Waals surface area contributed by atoms with E-state index in [1.807, 2.05) is 4.90 Å². The van der Waals surface area contributed by atoms with Crippen molar-refractivity contribution in [1.29, 1.82) is 0 Å². The van der Waals surface area contributed by atoms with Crippen LogP contribution in [-0.2, 0) is 4.79 Å². The largest absolute Gasteiger partial charge is 0.481 e. The van der Waals surface area contributed by atoms with Crippen molar-refractivity contribution in [3.63, 3.8) is 0 Å². The second-order valence-electron chi connectivity index (χ2n) is 6.87.